The Morgan fingerprint density at radius 2 is 0.810 bits per heavy atom. The van der Waals surface area contributed by atoms with Crippen LogP contribution in [-0.4, -0.2) is 57.3 Å². The van der Waals surface area contributed by atoms with Gasteiger partial charge < -0.3 is 25.7 Å². The molecule has 0 aromatic heterocycles. The highest BCUT2D eigenvalue weighted by molar-refractivity contribution is 5.80. The zero-order chi connectivity index (χ0) is 31.1. The van der Waals surface area contributed by atoms with Crippen molar-refractivity contribution in [2.24, 2.45) is 0 Å². The van der Waals surface area contributed by atoms with E-state index < -0.39 is 36.9 Å². The molecule has 0 bridgehead atoms. The Kier molecular flexibility index (Phi) is 31.2. The first-order valence-electron chi connectivity index (χ1n) is 18.4. The molecule has 0 aliphatic heterocycles. The minimum Gasteiger partial charge on any atom is -0.394 e. The molecule has 6 nitrogen and oxygen atoms in total. The van der Waals surface area contributed by atoms with E-state index in [9.17, 15) is 25.2 Å². The van der Waals surface area contributed by atoms with Crippen LogP contribution in [0.25, 0.3) is 0 Å². The van der Waals surface area contributed by atoms with Crippen LogP contribution in [0, 0.1) is 0 Å². The summed E-state index contributed by atoms with van der Waals surface area (Å²) in [7, 11) is 0. The van der Waals surface area contributed by atoms with E-state index in [4.69, 9.17) is 0 Å². The molecule has 0 saturated carbocycles. The number of carbonyl (C=O) groups is 1. The van der Waals surface area contributed by atoms with E-state index in [1.165, 1.54) is 128 Å². The van der Waals surface area contributed by atoms with Crippen molar-refractivity contribution >= 4 is 5.91 Å². The fraction of sp³-hybridized carbons (Fsp3) is 0.972. The third kappa shape index (κ3) is 25.8. The van der Waals surface area contributed by atoms with Crippen LogP contribution in [0.2, 0.25) is 0 Å². The molecular formula is C36H73NO5. The highest BCUT2D eigenvalue weighted by atomic mass is 16.3. The third-order valence-corrected chi connectivity index (χ3v) is 8.82. The SMILES string of the molecule is CCCCCCCCCCCCCCCCCCCC(O)C(O)C(CO)NC(=O)C(O)CCCCCCCCCCC. The monoisotopic (exact) mass is 600 g/mol. The second kappa shape index (κ2) is 31.7. The Hall–Kier alpha value is -0.690. The van der Waals surface area contributed by atoms with Gasteiger partial charge in [-0.3, -0.25) is 4.79 Å². The lowest BCUT2D eigenvalue weighted by molar-refractivity contribution is -0.132. The zero-order valence-electron chi connectivity index (χ0n) is 28.0. The van der Waals surface area contributed by atoms with Gasteiger partial charge >= 0.3 is 0 Å². The van der Waals surface area contributed by atoms with Crippen molar-refractivity contribution in [3.05, 3.63) is 0 Å². The van der Waals surface area contributed by atoms with Crippen LogP contribution in [0.15, 0.2) is 0 Å². The number of unbranched alkanes of at least 4 members (excludes halogenated alkanes) is 24. The molecule has 252 valence electrons. The molecule has 1 amide bonds. The minimum atomic E-state index is -1.25. The molecule has 0 aromatic rings. The number of hydrogen-bond donors (Lipinski definition) is 5. The summed E-state index contributed by atoms with van der Waals surface area (Å²) in [6, 6.07) is -0.976. The molecule has 0 heterocycles. The Bertz CT molecular complexity index is 561. The predicted molar refractivity (Wildman–Crippen MR) is 178 cm³/mol. The fourth-order valence-electron chi connectivity index (χ4n) is 5.81. The summed E-state index contributed by atoms with van der Waals surface area (Å²) in [4.78, 5) is 12.4. The second-order valence-corrected chi connectivity index (χ2v) is 12.9. The summed E-state index contributed by atoms with van der Waals surface area (Å²) in [5.74, 6) is -0.585. The average molecular weight is 600 g/mol. The minimum absolute atomic E-state index is 0.373. The lowest BCUT2D eigenvalue weighted by atomic mass is 9.99. The molecule has 0 spiro atoms. The summed E-state index contributed by atoms with van der Waals surface area (Å²) in [6.45, 7) is 4.01. The maximum atomic E-state index is 12.4. The summed E-state index contributed by atoms with van der Waals surface area (Å²) < 4.78 is 0. The average Bonchev–Trinajstić information content (AvgIpc) is 2.99. The normalized spacial score (nSPS) is 14.5. The van der Waals surface area contributed by atoms with Crippen molar-refractivity contribution in [2.45, 2.75) is 218 Å². The van der Waals surface area contributed by atoms with Crippen molar-refractivity contribution in [1.29, 1.82) is 0 Å². The van der Waals surface area contributed by atoms with Gasteiger partial charge in [-0.15, -0.1) is 0 Å². The Morgan fingerprint density at radius 3 is 1.14 bits per heavy atom. The lowest BCUT2D eigenvalue weighted by Crippen LogP contribution is -2.53. The number of aliphatic hydroxyl groups is 4. The lowest BCUT2D eigenvalue weighted by Gasteiger charge is -2.27. The molecule has 0 aromatic carbocycles. The van der Waals surface area contributed by atoms with E-state index in [-0.39, 0.29) is 0 Å². The molecule has 0 aliphatic carbocycles. The Labute approximate surface area is 260 Å². The van der Waals surface area contributed by atoms with Crippen molar-refractivity contribution in [1.82, 2.24) is 5.32 Å². The number of nitrogens with one attached hydrogen (secondary N) is 1. The largest absolute Gasteiger partial charge is 0.394 e. The van der Waals surface area contributed by atoms with Gasteiger partial charge in [-0.25, -0.2) is 0 Å². The first-order chi connectivity index (χ1) is 20.5. The van der Waals surface area contributed by atoms with Crippen LogP contribution < -0.4 is 5.32 Å². The highest BCUT2D eigenvalue weighted by Gasteiger charge is 2.28. The van der Waals surface area contributed by atoms with Crippen molar-refractivity contribution in [3.8, 4) is 0 Å². The summed E-state index contributed by atoms with van der Waals surface area (Å²) in [5, 5.41) is 43.3. The number of aliphatic hydroxyl groups excluding tert-OH is 4. The van der Waals surface area contributed by atoms with Gasteiger partial charge in [-0.2, -0.15) is 0 Å². The summed E-state index contributed by atoms with van der Waals surface area (Å²) in [5.41, 5.74) is 0. The van der Waals surface area contributed by atoms with Crippen molar-refractivity contribution in [2.75, 3.05) is 6.61 Å². The third-order valence-electron chi connectivity index (χ3n) is 8.82. The molecule has 0 aliphatic rings. The molecule has 6 heteroatoms. The van der Waals surface area contributed by atoms with Gasteiger partial charge in [0.1, 0.15) is 12.2 Å². The maximum absolute atomic E-state index is 12.4. The zero-order valence-corrected chi connectivity index (χ0v) is 28.0. The first kappa shape index (κ1) is 41.3. The Morgan fingerprint density at radius 1 is 0.500 bits per heavy atom. The van der Waals surface area contributed by atoms with Crippen LogP contribution >= 0.6 is 0 Å². The smallest absolute Gasteiger partial charge is 0.249 e. The number of carbonyl (C=O) groups excluding carboxylic acids is 1. The van der Waals surface area contributed by atoms with Gasteiger partial charge in [0.2, 0.25) is 5.91 Å². The molecule has 0 fully saturated rings. The standard InChI is InChI=1S/C36H73NO5/c1-3-5-7-9-11-13-14-15-16-17-18-19-20-22-23-25-27-29-33(39)35(41)32(31-38)37-36(42)34(40)30-28-26-24-21-12-10-8-6-4-2/h32-35,38-41H,3-31H2,1-2H3,(H,37,42). The van der Waals surface area contributed by atoms with Gasteiger partial charge in [0.15, 0.2) is 0 Å². The van der Waals surface area contributed by atoms with Gasteiger partial charge in [0.25, 0.3) is 0 Å². The number of rotatable bonds is 33. The van der Waals surface area contributed by atoms with Gasteiger partial charge in [-0.1, -0.05) is 181 Å². The van der Waals surface area contributed by atoms with Gasteiger partial charge in [0, 0.05) is 0 Å². The van der Waals surface area contributed by atoms with Crippen LogP contribution in [0.3, 0.4) is 0 Å². The summed E-state index contributed by atoms with van der Waals surface area (Å²) in [6.07, 6.45) is 29.9. The number of hydrogen-bond acceptors (Lipinski definition) is 5. The van der Waals surface area contributed by atoms with Gasteiger partial charge in [0.05, 0.1) is 18.8 Å². The molecule has 0 radical (unpaired) electrons. The van der Waals surface area contributed by atoms with E-state index in [0.717, 1.165) is 38.5 Å². The fourth-order valence-corrected chi connectivity index (χ4v) is 5.81. The molecule has 4 unspecified atom stereocenters. The second-order valence-electron chi connectivity index (χ2n) is 12.9. The Balaban J connectivity index is 3.75. The molecule has 42 heavy (non-hydrogen) atoms. The predicted octanol–water partition coefficient (Wildman–Crippen LogP) is 8.51. The molecule has 0 saturated heterocycles. The van der Waals surface area contributed by atoms with E-state index in [1.54, 1.807) is 0 Å². The van der Waals surface area contributed by atoms with Crippen molar-refractivity contribution < 1.29 is 25.2 Å². The van der Waals surface area contributed by atoms with E-state index in [1.807, 2.05) is 0 Å². The summed E-state index contributed by atoms with van der Waals surface area (Å²) >= 11 is 0. The van der Waals surface area contributed by atoms with Crippen LogP contribution in [0.1, 0.15) is 194 Å². The van der Waals surface area contributed by atoms with E-state index in [2.05, 4.69) is 19.2 Å². The molecular weight excluding hydrogens is 526 g/mol. The van der Waals surface area contributed by atoms with E-state index >= 15 is 0 Å². The van der Waals surface area contributed by atoms with Gasteiger partial charge in [-0.05, 0) is 12.8 Å². The molecule has 0 rings (SSSR count). The van der Waals surface area contributed by atoms with Crippen LogP contribution in [0.4, 0.5) is 0 Å². The quantitative estimate of drug-likeness (QED) is 0.0486. The number of amides is 1. The molecule has 4 atom stereocenters. The first-order valence-corrected chi connectivity index (χ1v) is 18.4. The highest BCUT2D eigenvalue weighted by Crippen LogP contribution is 2.16. The van der Waals surface area contributed by atoms with Crippen molar-refractivity contribution in [3.63, 3.8) is 0 Å². The molecule has 5 N–H and O–H groups in total. The van der Waals surface area contributed by atoms with Crippen LogP contribution in [-0.2, 0) is 4.79 Å². The van der Waals surface area contributed by atoms with E-state index in [0.29, 0.717) is 12.8 Å². The van der Waals surface area contributed by atoms with Crippen LogP contribution in [0.5, 0.6) is 0 Å². The maximum Gasteiger partial charge on any atom is 0.249 e. The topological polar surface area (TPSA) is 110 Å².